The Hall–Kier alpha value is -2.88. The first kappa shape index (κ1) is 16.0. The van der Waals surface area contributed by atoms with Gasteiger partial charge in [-0.15, -0.1) is 0 Å². The van der Waals surface area contributed by atoms with Crippen molar-refractivity contribution in [3.63, 3.8) is 0 Å². The fourth-order valence-electron chi connectivity index (χ4n) is 2.29. The number of nitrogens with one attached hydrogen (secondary N) is 1. The molecule has 0 bridgehead atoms. The summed E-state index contributed by atoms with van der Waals surface area (Å²) in [5, 5.41) is 5.36. The van der Waals surface area contributed by atoms with Crippen LogP contribution in [-0.4, -0.2) is 17.8 Å². The van der Waals surface area contributed by atoms with E-state index < -0.39 is 0 Å². The number of hydrazone groups is 1. The van der Waals surface area contributed by atoms with E-state index in [-0.39, 0.29) is 0 Å². The largest absolute Gasteiger partial charge is 0.494 e. The first-order valence-corrected chi connectivity index (χ1v) is 8.23. The number of ether oxygens (including phenoxy) is 1. The molecule has 0 amide bonds. The molecule has 1 heterocycles. The summed E-state index contributed by atoms with van der Waals surface area (Å²) in [4.78, 5) is 4.52. The molecule has 0 aliphatic carbocycles. The molecule has 3 aromatic rings. The minimum atomic E-state index is 0.726. The summed E-state index contributed by atoms with van der Waals surface area (Å²) in [5.74, 6) is 1.62. The van der Waals surface area contributed by atoms with Crippen molar-refractivity contribution >= 4 is 22.9 Å². The van der Waals surface area contributed by atoms with Crippen molar-refractivity contribution in [3.8, 4) is 5.75 Å². The lowest BCUT2D eigenvalue weighted by Gasteiger charge is -2.05. The van der Waals surface area contributed by atoms with E-state index in [2.05, 4.69) is 22.4 Å². The van der Waals surface area contributed by atoms with E-state index in [1.165, 1.54) is 0 Å². The zero-order valence-corrected chi connectivity index (χ0v) is 13.8. The zero-order chi connectivity index (χ0) is 16.6. The van der Waals surface area contributed by atoms with E-state index in [1.807, 2.05) is 60.7 Å². The van der Waals surface area contributed by atoms with E-state index in [9.17, 15) is 0 Å². The number of para-hydroxylation sites is 1. The number of anilines is 1. The topological polar surface area (TPSA) is 46.5 Å². The number of aromatic nitrogens is 1. The number of rotatable bonds is 7. The van der Waals surface area contributed by atoms with Gasteiger partial charge in [0.1, 0.15) is 11.6 Å². The Bertz CT molecular complexity index is 812. The molecule has 122 valence electrons. The van der Waals surface area contributed by atoms with Gasteiger partial charge in [0.05, 0.1) is 18.3 Å². The van der Waals surface area contributed by atoms with Crippen LogP contribution in [0.5, 0.6) is 5.75 Å². The lowest BCUT2D eigenvalue weighted by molar-refractivity contribution is 0.309. The highest BCUT2D eigenvalue weighted by Gasteiger charge is 1.96. The molecule has 1 N–H and O–H groups in total. The van der Waals surface area contributed by atoms with Gasteiger partial charge < -0.3 is 4.74 Å². The molecular weight excluding hydrogens is 298 g/mol. The van der Waals surface area contributed by atoms with Crippen LogP contribution in [-0.2, 0) is 0 Å². The first-order chi connectivity index (χ1) is 11.8. The highest BCUT2D eigenvalue weighted by molar-refractivity contribution is 5.81. The average molecular weight is 319 g/mol. The highest BCUT2D eigenvalue weighted by Crippen LogP contribution is 2.15. The second kappa shape index (κ2) is 8.11. The van der Waals surface area contributed by atoms with Crippen LogP contribution < -0.4 is 10.2 Å². The quantitative estimate of drug-likeness (QED) is 0.384. The van der Waals surface area contributed by atoms with Gasteiger partial charge in [0.2, 0.25) is 0 Å². The molecule has 0 unspecified atom stereocenters. The van der Waals surface area contributed by atoms with Gasteiger partial charge in [0, 0.05) is 5.39 Å². The monoisotopic (exact) mass is 319 g/mol. The number of pyridine rings is 1. The summed E-state index contributed by atoms with van der Waals surface area (Å²) in [6.07, 6.45) is 3.98. The molecule has 0 aliphatic heterocycles. The van der Waals surface area contributed by atoms with Crippen LogP contribution in [0, 0.1) is 0 Å². The predicted molar refractivity (Wildman–Crippen MR) is 99.8 cm³/mol. The zero-order valence-electron chi connectivity index (χ0n) is 13.8. The summed E-state index contributed by atoms with van der Waals surface area (Å²) < 4.78 is 5.65. The van der Waals surface area contributed by atoms with Crippen molar-refractivity contribution in [2.24, 2.45) is 5.10 Å². The number of benzene rings is 2. The van der Waals surface area contributed by atoms with Crippen LogP contribution in [0.4, 0.5) is 5.82 Å². The molecule has 3 rings (SSSR count). The van der Waals surface area contributed by atoms with Gasteiger partial charge in [-0.1, -0.05) is 31.5 Å². The molecule has 0 spiro atoms. The average Bonchev–Trinajstić information content (AvgIpc) is 2.63. The minimum absolute atomic E-state index is 0.726. The van der Waals surface area contributed by atoms with Gasteiger partial charge in [-0.25, -0.2) is 4.98 Å². The SMILES string of the molecule is CCCCOc1ccc(C=NNc2ccc3ccccc3n2)cc1. The smallest absolute Gasteiger partial charge is 0.146 e. The van der Waals surface area contributed by atoms with Gasteiger partial charge in [-0.05, 0) is 54.4 Å². The standard InChI is InChI=1S/C20H21N3O/c1-2-3-14-24-18-11-8-16(9-12-18)15-21-23-20-13-10-17-6-4-5-7-19(17)22-20/h4-13,15H,2-3,14H2,1H3,(H,22,23). The molecule has 0 saturated carbocycles. The maximum Gasteiger partial charge on any atom is 0.146 e. The Morgan fingerprint density at radius 3 is 2.71 bits per heavy atom. The summed E-state index contributed by atoms with van der Waals surface area (Å²) in [7, 11) is 0. The number of nitrogens with zero attached hydrogens (tertiary/aromatic N) is 2. The maximum absolute atomic E-state index is 5.65. The van der Waals surface area contributed by atoms with Crippen molar-refractivity contribution in [1.29, 1.82) is 0 Å². The summed E-state index contributed by atoms with van der Waals surface area (Å²) >= 11 is 0. The number of hydrogen-bond donors (Lipinski definition) is 1. The number of unbranched alkanes of at least 4 members (excludes halogenated alkanes) is 1. The molecule has 0 atom stereocenters. The molecular formula is C20H21N3O. The molecule has 0 fully saturated rings. The second-order valence-electron chi connectivity index (χ2n) is 5.53. The Kier molecular flexibility index (Phi) is 5.40. The van der Waals surface area contributed by atoms with Gasteiger partial charge in [-0.2, -0.15) is 5.10 Å². The Morgan fingerprint density at radius 1 is 1.04 bits per heavy atom. The van der Waals surface area contributed by atoms with Crippen LogP contribution >= 0.6 is 0 Å². The van der Waals surface area contributed by atoms with E-state index in [4.69, 9.17) is 4.74 Å². The van der Waals surface area contributed by atoms with Crippen molar-refractivity contribution in [2.75, 3.05) is 12.0 Å². The minimum Gasteiger partial charge on any atom is -0.494 e. The summed E-state index contributed by atoms with van der Waals surface area (Å²) in [5.41, 5.74) is 4.92. The molecule has 2 aromatic carbocycles. The van der Waals surface area contributed by atoms with Crippen molar-refractivity contribution in [1.82, 2.24) is 4.98 Å². The number of hydrogen-bond acceptors (Lipinski definition) is 4. The second-order valence-corrected chi connectivity index (χ2v) is 5.53. The van der Waals surface area contributed by atoms with Gasteiger partial charge in [0.25, 0.3) is 0 Å². The molecule has 4 nitrogen and oxygen atoms in total. The maximum atomic E-state index is 5.65. The lowest BCUT2D eigenvalue weighted by Crippen LogP contribution is -1.96. The Labute approximate surface area is 142 Å². The fourth-order valence-corrected chi connectivity index (χ4v) is 2.29. The number of fused-ring (bicyclic) bond motifs is 1. The third-order valence-electron chi connectivity index (χ3n) is 3.64. The van der Waals surface area contributed by atoms with Crippen LogP contribution in [0.25, 0.3) is 10.9 Å². The van der Waals surface area contributed by atoms with Crippen molar-refractivity contribution in [2.45, 2.75) is 19.8 Å². The molecule has 4 heteroatoms. The Balaban J connectivity index is 1.58. The third-order valence-corrected chi connectivity index (χ3v) is 3.64. The van der Waals surface area contributed by atoms with Crippen molar-refractivity contribution < 1.29 is 4.74 Å². The fraction of sp³-hybridized carbons (Fsp3) is 0.200. The van der Waals surface area contributed by atoms with Crippen LogP contribution in [0.15, 0.2) is 65.8 Å². The molecule has 0 saturated heterocycles. The van der Waals surface area contributed by atoms with Crippen molar-refractivity contribution in [3.05, 3.63) is 66.2 Å². The van der Waals surface area contributed by atoms with Gasteiger partial charge in [0.15, 0.2) is 0 Å². The predicted octanol–water partition coefficient (Wildman–Crippen LogP) is 4.86. The lowest BCUT2D eigenvalue weighted by atomic mass is 10.2. The molecule has 0 radical (unpaired) electrons. The molecule has 24 heavy (non-hydrogen) atoms. The molecule has 1 aromatic heterocycles. The van der Waals surface area contributed by atoms with Crippen LogP contribution in [0.3, 0.4) is 0 Å². The van der Waals surface area contributed by atoms with Crippen LogP contribution in [0.2, 0.25) is 0 Å². The molecule has 0 aliphatic rings. The summed E-state index contributed by atoms with van der Waals surface area (Å²) in [6, 6.07) is 19.9. The van der Waals surface area contributed by atoms with Crippen LogP contribution in [0.1, 0.15) is 25.3 Å². The normalized spacial score (nSPS) is 11.0. The highest BCUT2D eigenvalue weighted by atomic mass is 16.5. The van der Waals surface area contributed by atoms with Gasteiger partial charge >= 0.3 is 0 Å². The third kappa shape index (κ3) is 4.32. The van der Waals surface area contributed by atoms with E-state index in [1.54, 1.807) is 6.21 Å². The van der Waals surface area contributed by atoms with E-state index >= 15 is 0 Å². The van der Waals surface area contributed by atoms with Gasteiger partial charge in [-0.3, -0.25) is 5.43 Å². The first-order valence-electron chi connectivity index (χ1n) is 8.23. The van der Waals surface area contributed by atoms with E-state index in [0.29, 0.717) is 0 Å². The van der Waals surface area contributed by atoms with E-state index in [0.717, 1.165) is 47.5 Å². The Morgan fingerprint density at radius 2 is 1.88 bits per heavy atom. The summed E-state index contributed by atoms with van der Waals surface area (Å²) in [6.45, 7) is 2.92.